The maximum absolute atomic E-state index is 3.84. The number of rotatable bonds is 6. The number of nitrogens with zero attached hydrogens (tertiary/aromatic N) is 2. The molecule has 0 aromatic heterocycles. The van der Waals surface area contributed by atoms with Gasteiger partial charge in [0.25, 0.3) is 0 Å². The van der Waals surface area contributed by atoms with Crippen LogP contribution in [0, 0.1) is 0 Å². The second-order valence-corrected chi connectivity index (χ2v) is 4.89. The van der Waals surface area contributed by atoms with Gasteiger partial charge in [0, 0.05) is 31.8 Å². The van der Waals surface area contributed by atoms with E-state index in [9.17, 15) is 0 Å². The molecule has 20 heavy (non-hydrogen) atoms. The second kappa shape index (κ2) is 6.30. The number of allylic oxidation sites excluding steroid dienone is 1. The van der Waals surface area contributed by atoms with Gasteiger partial charge in [-0.05, 0) is 12.1 Å². The Labute approximate surface area is 121 Å². The van der Waals surface area contributed by atoms with Crippen molar-refractivity contribution in [2.24, 2.45) is 0 Å². The van der Waals surface area contributed by atoms with E-state index in [1.807, 2.05) is 31.3 Å². The summed E-state index contributed by atoms with van der Waals surface area (Å²) >= 11 is 0. The zero-order valence-electron chi connectivity index (χ0n) is 12.2. The molecule has 0 saturated heterocycles. The summed E-state index contributed by atoms with van der Waals surface area (Å²) in [6.07, 6.45) is 4.59. The summed E-state index contributed by atoms with van der Waals surface area (Å²) in [6.45, 7) is 8.36. The van der Waals surface area contributed by atoms with Gasteiger partial charge in [0.1, 0.15) is 0 Å². The molecule has 1 aliphatic rings. The lowest BCUT2D eigenvalue weighted by molar-refractivity contribution is 0.274. The summed E-state index contributed by atoms with van der Waals surface area (Å²) in [6, 6.07) is 8.48. The first-order chi connectivity index (χ1) is 9.67. The standard InChI is InChI=1S/C16H22N4/c1-5-7-15-16(17-18-20(15)12-6-2)13-8-10-14(11-9-13)19(3)4/h5-6,8-11,17-18H,1-2,7,12H2,3-4H3. The van der Waals surface area contributed by atoms with Crippen molar-refractivity contribution in [1.82, 2.24) is 16.0 Å². The van der Waals surface area contributed by atoms with Crippen LogP contribution in [0.15, 0.2) is 55.3 Å². The summed E-state index contributed by atoms with van der Waals surface area (Å²) < 4.78 is 0. The van der Waals surface area contributed by atoms with Crippen LogP contribution in [0.5, 0.6) is 0 Å². The molecule has 1 heterocycles. The molecule has 0 unspecified atom stereocenters. The minimum absolute atomic E-state index is 0.745. The second-order valence-electron chi connectivity index (χ2n) is 4.89. The highest BCUT2D eigenvalue weighted by atomic mass is 15.7. The van der Waals surface area contributed by atoms with Crippen LogP contribution in [0.1, 0.15) is 12.0 Å². The van der Waals surface area contributed by atoms with Crippen molar-refractivity contribution in [2.75, 3.05) is 25.5 Å². The van der Waals surface area contributed by atoms with Crippen LogP contribution in [-0.4, -0.2) is 25.6 Å². The highest BCUT2D eigenvalue weighted by molar-refractivity contribution is 5.69. The molecule has 2 rings (SSSR count). The van der Waals surface area contributed by atoms with Crippen molar-refractivity contribution in [3.05, 3.63) is 60.8 Å². The molecule has 1 aromatic carbocycles. The zero-order chi connectivity index (χ0) is 14.5. The predicted molar refractivity (Wildman–Crippen MR) is 85.7 cm³/mol. The SMILES string of the molecule is C=CCC1=C(c2ccc(N(C)C)cc2)NNN1CC=C. The number of benzene rings is 1. The van der Waals surface area contributed by atoms with Gasteiger partial charge in [-0.2, -0.15) is 0 Å². The van der Waals surface area contributed by atoms with E-state index in [0.717, 1.165) is 24.2 Å². The van der Waals surface area contributed by atoms with E-state index in [0.29, 0.717) is 0 Å². The molecule has 4 heteroatoms. The maximum atomic E-state index is 3.84. The lowest BCUT2D eigenvalue weighted by Gasteiger charge is -2.18. The molecule has 0 aliphatic carbocycles. The Morgan fingerprint density at radius 3 is 2.40 bits per heavy atom. The molecule has 4 nitrogen and oxygen atoms in total. The van der Waals surface area contributed by atoms with Crippen LogP contribution >= 0.6 is 0 Å². The van der Waals surface area contributed by atoms with E-state index < -0.39 is 0 Å². The fraction of sp³-hybridized carbons (Fsp3) is 0.250. The van der Waals surface area contributed by atoms with Crippen LogP contribution in [0.25, 0.3) is 5.70 Å². The van der Waals surface area contributed by atoms with Crippen LogP contribution < -0.4 is 15.9 Å². The average Bonchev–Trinajstić information content (AvgIpc) is 2.83. The zero-order valence-corrected chi connectivity index (χ0v) is 12.2. The molecule has 1 aromatic rings. The van der Waals surface area contributed by atoms with E-state index in [1.54, 1.807) is 0 Å². The third-order valence-electron chi connectivity index (χ3n) is 3.25. The number of nitrogens with one attached hydrogen (secondary N) is 2. The van der Waals surface area contributed by atoms with Crippen molar-refractivity contribution in [3.8, 4) is 0 Å². The quantitative estimate of drug-likeness (QED) is 0.778. The molecule has 0 radical (unpaired) electrons. The van der Waals surface area contributed by atoms with Crippen LogP contribution in [0.2, 0.25) is 0 Å². The Kier molecular flexibility index (Phi) is 4.48. The normalized spacial score (nSPS) is 14.2. The fourth-order valence-electron chi connectivity index (χ4n) is 2.20. The van der Waals surface area contributed by atoms with Gasteiger partial charge in [-0.25, -0.2) is 0 Å². The molecule has 0 fully saturated rings. The third kappa shape index (κ3) is 2.86. The van der Waals surface area contributed by atoms with Gasteiger partial charge in [-0.1, -0.05) is 24.3 Å². The largest absolute Gasteiger partial charge is 0.378 e. The van der Waals surface area contributed by atoms with Gasteiger partial charge in [0.2, 0.25) is 0 Å². The minimum atomic E-state index is 0.745. The molecule has 0 spiro atoms. The Balaban J connectivity index is 2.32. The van der Waals surface area contributed by atoms with Crippen molar-refractivity contribution >= 4 is 11.4 Å². The molecule has 0 amide bonds. The Morgan fingerprint density at radius 1 is 1.15 bits per heavy atom. The molecule has 0 atom stereocenters. The van der Waals surface area contributed by atoms with Crippen LogP contribution in [0.3, 0.4) is 0 Å². The van der Waals surface area contributed by atoms with Crippen molar-refractivity contribution in [1.29, 1.82) is 0 Å². The van der Waals surface area contributed by atoms with E-state index in [2.05, 4.69) is 53.3 Å². The van der Waals surface area contributed by atoms with Gasteiger partial charge in [-0.15, -0.1) is 18.7 Å². The number of anilines is 1. The first kappa shape index (κ1) is 14.2. The highest BCUT2D eigenvalue weighted by Crippen LogP contribution is 2.25. The molecular formula is C16H22N4. The van der Waals surface area contributed by atoms with Crippen molar-refractivity contribution in [2.45, 2.75) is 6.42 Å². The van der Waals surface area contributed by atoms with Gasteiger partial charge < -0.3 is 10.3 Å². The highest BCUT2D eigenvalue weighted by Gasteiger charge is 2.20. The molecule has 0 bridgehead atoms. The van der Waals surface area contributed by atoms with Crippen LogP contribution in [-0.2, 0) is 0 Å². The Hall–Kier alpha value is -2.20. The fourth-order valence-corrected chi connectivity index (χ4v) is 2.20. The number of hydrazine groups is 2. The van der Waals surface area contributed by atoms with E-state index in [1.165, 1.54) is 11.4 Å². The van der Waals surface area contributed by atoms with Gasteiger partial charge >= 0.3 is 0 Å². The van der Waals surface area contributed by atoms with Crippen molar-refractivity contribution in [3.63, 3.8) is 0 Å². The average molecular weight is 270 g/mol. The smallest absolute Gasteiger partial charge is 0.0787 e. The number of hydrogen-bond donors (Lipinski definition) is 2. The lowest BCUT2D eigenvalue weighted by atomic mass is 10.1. The van der Waals surface area contributed by atoms with E-state index in [-0.39, 0.29) is 0 Å². The Morgan fingerprint density at radius 2 is 1.85 bits per heavy atom. The summed E-state index contributed by atoms with van der Waals surface area (Å²) in [4.78, 5) is 2.09. The number of hydrogen-bond acceptors (Lipinski definition) is 4. The van der Waals surface area contributed by atoms with Crippen molar-refractivity contribution < 1.29 is 0 Å². The summed E-state index contributed by atoms with van der Waals surface area (Å²) in [5.74, 6) is 0. The molecule has 1 aliphatic heterocycles. The molecule has 0 saturated carbocycles. The van der Waals surface area contributed by atoms with Crippen LogP contribution in [0.4, 0.5) is 5.69 Å². The first-order valence-corrected chi connectivity index (χ1v) is 6.69. The molecule has 2 N–H and O–H groups in total. The van der Waals surface area contributed by atoms with Gasteiger partial charge in [0.15, 0.2) is 0 Å². The van der Waals surface area contributed by atoms with Gasteiger partial charge in [-0.3, -0.25) is 5.01 Å². The summed E-state index contributed by atoms with van der Waals surface area (Å²) in [5, 5.41) is 2.05. The first-order valence-electron chi connectivity index (χ1n) is 6.69. The predicted octanol–water partition coefficient (Wildman–Crippen LogP) is 2.51. The minimum Gasteiger partial charge on any atom is -0.378 e. The van der Waals surface area contributed by atoms with E-state index >= 15 is 0 Å². The monoisotopic (exact) mass is 270 g/mol. The third-order valence-corrected chi connectivity index (χ3v) is 3.25. The van der Waals surface area contributed by atoms with E-state index in [4.69, 9.17) is 0 Å². The summed E-state index contributed by atoms with van der Waals surface area (Å²) in [5.41, 5.74) is 11.0. The lowest BCUT2D eigenvalue weighted by Crippen LogP contribution is -2.37. The molecular weight excluding hydrogens is 248 g/mol. The maximum Gasteiger partial charge on any atom is 0.0787 e. The topological polar surface area (TPSA) is 30.5 Å². The van der Waals surface area contributed by atoms with Gasteiger partial charge in [0.05, 0.1) is 17.9 Å². The summed E-state index contributed by atoms with van der Waals surface area (Å²) in [7, 11) is 4.08. The Bertz CT molecular complexity index is 514. The molecule has 106 valence electrons.